The van der Waals surface area contributed by atoms with Crippen molar-refractivity contribution < 1.29 is 4.52 Å². The van der Waals surface area contributed by atoms with Gasteiger partial charge in [-0.1, -0.05) is 5.16 Å². The summed E-state index contributed by atoms with van der Waals surface area (Å²) in [6.45, 7) is 4.45. The zero-order valence-corrected chi connectivity index (χ0v) is 8.82. The van der Waals surface area contributed by atoms with Crippen molar-refractivity contribution in [1.82, 2.24) is 10.1 Å². The maximum atomic E-state index is 5.51. The molecule has 5 nitrogen and oxygen atoms in total. The van der Waals surface area contributed by atoms with E-state index in [-0.39, 0.29) is 6.04 Å². The molecule has 2 aromatic rings. The minimum atomic E-state index is 0.193. The fourth-order valence-corrected chi connectivity index (χ4v) is 1.34. The van der Waals surface area contributed by atoms with E-state index in [2.05, 4.69) is 15.5 Å². The molecule has 0 spiro atoms. The first-order valence-electron chi connectivity index (χ1n) is 4.90. The topological polar surface area (TPSA) is 77.0 Å². The third kappa shape index (κ3) is 1.92. The average molecular weight is 206 g/mol. The normalized spacial score (nSPS) is 13.0. The van der Waals surface area contributed by atoms with Gasteiger partial charge >= 0.3 is 0 Å². The van der Waals surface area contributed by atoms with Crippen LogP contribution in [0.25, 0.3) is 11.1 Å². The molecular weight excluding hydrogens is 192 g/mol. The number of nitrogens with two attached hydrogens (primary N) is 1. The fourth-order valence-electron chi connectivity index (χ4n) is 1.34. The molecule has 5 heteroatoms. The van der Waals surface area contributed by atoms with Gasteiger partial charge in [0.05, 0.1) is 11.1 Å². The van der Waals surface area contributed by atoms with E-state index in [9.17, 15) is 0 Å². The molecule has 2 aromatic heterocycles. The second-order valence-electron chi connectivity index (χ2n) is 3.60. The van der Waals surface area contributed by atoms with Gasteiger partial charge in [0.15, 0.2) is 0 Å². The molecule has 80 valence electrons. The lowest BCUT2D eigenvalue weighted by Crippen LogP contribution is -2.25. The molecule has 0 aromatic carbocycles. The van der Waals surface area contributed by atoms with Crippen LogP contribution in [0, 0.1) is 6.92 Å². The number of pyridine rings is 1. The smallest absolute Gasteiger partial charge is 0.259 e. The van der Waals surface area contributed by atoms with E-state index in [1.165, 1.54) is 0 Å². The van der Waals surface area contributed by atoms with Crippen LogP contribution in [0.3, 0.4) is 0 Å². The molecule has 0 aliphatic heterocycles. The van der Waals surface area contributed by atoms with Crippen molar-refractivity contribution >= 4 is 16.9 Å². The maximum Gasteiger partial charge on any atom is 0.259 e. The van der Waals surface area contributed by atoms with Gasteiger partial charge in [-0.3, -0.25) is 0 Å². The Hall–Kier alpha value is -1.62. The zero-order chi connectivity index (χ0) is 10.8. The molecule has 0 fully saturated rings. The summed E-state index contributed by atoms with van der Waals surface area (Å²) >= 11 is 0. The molecule has 0 saturated carbocycles. The summed E-state index contributed by atoms with van der Waals surface area (Å²) in [5.74, 6) is 0.761. The van der Waals surface area contributed by atoms with Crippen LogP contribution in [0.15, 0.2) is 16.7 Å². The molecule has 1 unspecified atom stereocenters. The summed E-state index contributed by atoms with van der Waals surface area (Å²) in [4.78, 5) is 4.29. The molecule has 2 heterocycles. The summed E-state index contributed by atoms with van der Waals surface area (Å²) in [5.41, 5.74) is 6.93. The summed E-state index contributed by atoms with van der Waals surface area (Å²) in [6, 6.07) is 4.04. The van der Waals surface area contributed by atoms with Crippen LogP contribution in [0.4, 0.5) is 5.82 Å². The fraction of sp³-hybridized carbons (Fsp3) is 0.400. The van der Waals surface area contributed by atoms with Crippen molar-refractivity contribution in [1.29, 1.82) is 0 Å². The Morgan fingerprint density at radius 1 is 1.53 bits per heavy atom. The van der Waals surface area contributed by atoms with Crippen LogP contribution in [0.5, 0.6) is 0 Å². The molecule has 2 rings (SSSR count). The standard InChI is InChI=1S/C10H14N4O/c1-6(5-11)12-9-4-3-8-7(2)14-15-10(8)13-9/h3-4,6H,5,11H2,1-2H3,(H,12,13). The quantitative estimate of drug-likeness (QED) is 0.791. The van der Waals surface area contributed by atoms with Gasteiger partial charge in [0.2, 0.25) is 0 Å². The number of aromatic nitrogens is 2. The van der Waals surface area contributed by atoms with E-state index < -0.39 is 0 Å². The summed E-state index contributed by atoms with van der Waals surface area (Å²) < 4.78 is 5.07. The highest BCUT2D eigenvalue weighted by Crippen LogP contribution is 2.18. The van der Waals surface area contributed by atoms with E-state index in [0.29, 0.717) is 12.3 Å². The second kappa shape index (κ2) is 3.86. The Balaban J connectivity index is 2.31. The van der Waals surface area contributed by atoms with E-state index >= 15 is 0 Å². The van der Waals surface area contributed by atoms with Crippen molar-refractivity contribution in [3.05, 3.63) is 17.8 Å². The van der Waals surface area contributed by atoms with Crippen LogP contribution in [0.1, 0.15) is 12.6 Å². The summed E-state index contributed by atoms with van der Waals surface area (Å²) in [5, 5.41) is 7.96. The van der Waals surface area contributed by atoms with Gasteiger partial charge in [0.25, 0.3) is 5.71 Å². The van der Waals surface area contributed by atoms with Crippen LogP contribution in [-0.4, -0.2) is 22.7 Å². The highest BCUT2D eigenvalue weighted by Gasteiger charge is 2.07. The SMILES string of the molecule is Cc1noc2nc(NC(C)CN)ccc12. The van der Waals surface area contributed by atoms with E-state index in [1.807, 2.05) is 26.0 Å². The first-order valence-corrected chi connectivity index (χ1v) is 4.90. The Labute approximate surface area is 87.6 Å². The highest BCUT2D eigenvalue weighted by molar-refractivity contribution is 5.77. The van der Waals surface area contributed by atoms with Crippen LogP contribution in [-0.2, 0) is 0 Å². The van der Waals surface area contributed by atoms with E-state index in [0.717, 1.165) is 16.9 Å². The minimum Gasteiger partial charge on any atom is -0.366 e. The van der Waals surface area contributed by atoms with E-state index in [1.54, 1.807) is 0 Å². The molecule has 0 radical (unpaired) electrons. The zero-order valence-electron chi connectivity index (χ0n) is 8.82. The number of anilines is 1. The van der Waals surface area contributed by atoms with Gasteiger partial charge in [0, 0.05) is 12.6 Å². The van der Waals surface area contributed by atoms with Crippen LogP contribution in [0.2, 0.25) is 0 Å². The van der Waals surface area contributed by atoms with Gasteiger partial charge in [-0.25, -0.2) is 0 Å². The lowest BCUT2D eigenvalue weighted by Gasteiger charge is -2.10. The third-order valence-corrected chi connectivity index (χ3v) is 2.27. The monoisotopic (exact) mass is 206 g/mol. The lowest BCUT2D eigenvalue weighted by atomic mass is 10.3. The lowest BCUT2D eigenvalue weighted by molar-refractivity contribution is 0.443. The molecule has 0 amide bonds. The number of nitrogens with one attached hydrogen (secondary N) is 1. The molecular formula is C10H14N4O. The Bertz CT molecular complexity index is 465. The Morgan fingerprint density at radius 2 is 2.33 bits per heavy atom. The van der Waals surface area contributed by atoms with Gasteiger partial charge in [-0.15, -0.1) is 0 Å². The molecule has 3 N–H and O–H groups in total. The van der Waals surface area contributed by atoms with Crippen molar-refractivity contribution in [2.45, 2.75) is 19.9 Å². The van der Waals surface area contributed by atoms with Crippen molar-refractivity contribution in [3.63, 3.8) is 0 Å². The number of rotatable bonds is 3. The molecule has 15 heavy (non-hydrogen) atoms. The molecule has 0 saturated heterocycles. The average Bonchev–Trinajstić information content (AvgIpc) is 2.60. The Morgan fingerprint density at radius 3 is 3.07 bits per heavy atom. The van der Waals surface area contributed by atoms with Gasteiger partial charge < -0.3 is 15.6 Å². The number of hydrogen-bond acceptors (Lipinski definition) is 5. The number of fused-ring (bicyclic) bond motifs is 1. The van der Waals surface area contributed by atoms with Crippen molar-refractivity contribution in [2.75, 3.05) is 11.9 Å². The first kappa shape index (κ1) is 9.92. The van der Waals surface area contributed by atoms with Crippen molar-refractivity contribution in [2.24, 2.45) is 5.73 Å². The predicted octanol–water partition coefficient (Wildman–Crippen LogP) is 1.29. The van der Waals surface area contributed by atoms with Gasteiger partial charge in [0.1, 0.15) is 5.82 Å². The first-order chi connectivity index (χ1) is 7.20. The minimum absolute atomic E-state index is 0.193. The molecule has 0 aliphatic rings. The van der Waals surface area contributed by atoms with Gasteiger partial charge in [-0.2, -0.15) is 4.98 Å². The largest absolute Gasteiger partial charge is 0.366 e. The predicted molar refractivity (Wildman–Crippen MR) is 58.7 cm³/mol. The number of hydrogen-bond donors (Lipinski definition) is 2. The molecule has 1 atom stereocenters. The Kier molecular flexibility index (Phi) is 2.55. The third-order valence-electron chi connectivity index (χ3n) is 2.27. The number of aryl methyl sites for hydroxylation is 1. The summed E-state index contributed by atoms with van der Waals surface area (Å²) in [6.07, 6.45) is 0. The second-order valence-corrected chi connectivity index (χ2v) is 3.60. The van der Waals surface area contributed by atoms with Crippen molar-refractivity contribution in [3.8, 4) is 0 Å². The van der Waals surface area contributed by atoms with Crippen LogP contribution < -0.4 is 11.1 Å². The van der Waals surface area contributed by atoms with Gasteiger partial charge in [-0.05, 0) is 26.0 Å². The highest BCUT2D eigenvalue weighted by atomic mass is 16.5. The van der Waals surface area contributed by atoms with Crippen LogP contribution >= 0.6 is 0 Å². The number of nitrogens with zero attached hydrogens (tertiary/aromatic N) is 2. The summed E-state index contributed by atoms with van der Waals surface area (Å²) in [7, 11) is 0. The molecule has 0 aliphatic carbocycles. The molecule has 0 bridgehead atoms. The van der Waals surface area contributed by atoms with E-state index in [4.69, 9.17) is 10.3 Å². The maximum absolute atomic E-state index is 5.51.